The van der Waals surface area contributed by atoms with Crippen LogP contribution in [0.15, 0.2) is 24.3 Å². The van der Waals surface area contributed by atoms with Crippen molar-refractivity contribution in [3.8, 4) is 0 Å². The van der Waals surface area contributed by atoms with E-state index in [0.717, 1.165) is 0 Å². The van der Waals surface area contributed by atoms with Gasteiger partial charge < -0.3 is 0 Å². The van der Waals surface area contributed by atoms with Crippen LogP contribution in [0.5, 0.6) is 0 Å². The summed E-state index contributed by atoms with van der Waals surface area (Å²) >= 11 is 0. The maximum absolute atomic E-state index is 2.53. The minimum absolute atomic E-state index is 1.20. The van der Waals surface area contributed by atoms with Gasteiger partial charge in [-0.2, -0.15) is 0 Å². The highest BCUT2D eigenvalue weighted by Crippen LogP contribution is 2.29. The van der Waals surface area contributed by atoms with Gasteiger partial charge in [-0.05, 0) is 134 Å². The first-order chi connectivity index (χ1) is 18.6. The lowest BCUT2D eigenvalue weighted by Crippen LogP contribution is -2.09. The SMILES string of the molecule is CCCCc1ccc(CCc2ccc(CCCC)c(CCCC)c2CCCC)c(CCCC)c1CCCC. The van der Waals surface area contributed by atoms with E-state index in [-0.39, 0.29) is 0 Å². The fourth-order valence-electron chi connectivity index (χ4n) is 6.18. The molecule has 0 amide bonds. The molecular formula is C38H62. The lowest BCUT2D eigenvalue weighted by atomic mass is 9.83. The lowest BCUT2D eigenvalue weighted by Gasteiger charge is -2.22. The second-order valence-electron chi connectivity index (χ2n) is 11.8. The van der Waals surface area contributed by atoms with Crippen LogP contribution in [0.4, 0.5) is 0 Å². The van der Waals surface area contributed by atoms with E-state index in [1.165, 1.54) is 128 Å². The molecule has 0 unspecified atom stereocenters. The van der Waals surface area contributed by atoms with Gasteiger partial charge in [-0.1, -0.05) is 104 Å². The van der Waals surface area contributed by atoms with Crippen LogP contribution in [-0.2, 0) is 51.4 Å². The van der Waals surface area contributed by atoms with Crippen LogP contribution in [0, 0.1) is 0 Å². The van der Waals surface area contributed by atoms with Crippen molar-refractivity contribution in [1.29, 1.82) is 0 Å². The second kappa shape index (κ2) is 19.5. The number of unbranched alkanes of at least 4 members (excludes halogenated alkanes) is 6. The fourth-order valence-corrected chi connectivity index (χ4v) is 6.18. The highest BCUT2D eigenvalue weighted by Gasteiger charge is 2.16. The Bertz CT molecular complexity index is 827. The molecule has 0 heterocycles. The molecular weight excluding hydrogens is 456 g/mol. The third kappa shape index (κ3) is 10.2. The lowest BCUT2D eigenvalue weighted by molar-refractivity contribution is 0.720. The third-order valence-electron chi connectivity index (χ3n) is 8.63. The van der Waals surface area contributed by atoms with E-state index in [0.29, 0.717) is 0 Å². The van der Waals surface area contributed by atoms with E-state index in [1.54, 1.807) is 44.5 Å². The molecule has 0 spiro atoms. The minimum Gasteiger partial charge on any atom is -0.0654 e. The van der Waals surface area contributed by atoms with Crippen LogP contribution in [0.2, 0.25) is 0 Å². The van der Waals surface area contributed by atoms with Crippen molar-refractivity contribution < 1.29 is 0 Å². The van der Waals surface area contributed by atoms with E-state index < -0.39 is 0 Å². The molecule has 2 rings (SSSR count). The van der Waals surface area contributed by atoms with Gasteiger partial charge in [0.1, 0.15) is 0 Å². The molecule has 2 aromatic carbocycles. The Morgan fingerprint density at radius 3 is 0.737 bits per heavy atom. The molecule has 0 radical (unpaired) electrons. The zero-order valence-corrected chi connectivity index (χ0v) is 26.5. The van der Waals surface area contributed by atoms with Crippen molar-refractivity contribution in [2.45, 2.75) is 170 Å². The Morgan fingerprint density at radius 1 is 0.289 bits per heavy atom. The summed E-state index contributed by atoms with van der Waals surface area (Å²) in [5, 5.41) is 0. The van der Waals surface area contributed by atoms with E-state index in [4.69, 9.17) is 0 Å². The first-order valence-corrected chi connectivity index (χ1v) is 16.9. The monoisotopic (exact) mass is 518 g/mol. The third-order valence-corrected chi connectivity index (χ3v) is 8.63. The van der Waals surface area contributed by atoms with Crippen molar-refractivity contribution in [2.24, 2.45) is 0 Å². The van der Waals surface area contributed by atoms with Gasteiger partial charge >= 0.3 is 0 Å². The fraction of sp³-hybridized carbons (Fsp3) is 0.684. The van der Waals surface area contributed by atoms with Crippen LogP contribution in [-0.4, -0.2) is 0 Å². The first kappa shape index (κ1) is 32.7. The second-order valence-corrected chi connectivity index (χ2v) is 11.8. The number of hydrogen-bond donors (Lipinski definition) is 0. The van der Waals surface area contributed by atoms with Gasteiger partial charge in [-0.15, -0.1) is 0 Å². The predicted molar refractivity (Wildman–Crippen MR) is 172 cm³/mol. The Balaban J connectivity index is 2.45. The molecule has 0 atom stereocenters. The molecule has 38 heavy (non-hydrogen) atoms. The van der Waals surface area contributed by atoms with Crippen LogP contribution in [0.3, 0.4) is 0 Å². The van der Waals surface area contributed by atoms with Gasteiger partial charge in [0.05, 0.1) is 0 Å². The molecule has 214 valence electrons. The molecule has 0 nitrogen and oxygen atoms in total. The van der Waals surface area contributed by atoms with Gasteiger partial charge in [0.15, 0.2) is 0 Å². The Hall–Kier alpha value is -1.56. The van der Waals surface area contributed by atoms with E-state index in [1.807, 2.05) is 0 Å². The molecule has 0 aliphatic carbocycles. The highest BCUT2D eigenvalue weighted by molar-refractivity contribution is 5.45. The summed E-state index contributed by atoms with van der Waals surface area (Å²) in [6.45, 7) is 14.1. The van der Waals surface area contributed by atoms with Crippen molar-refractivity contribution >= 4 is 0 Å². The Morgan fingerprint density at radius 2 is 0.500 bits per heavy atom. The summed E-state index contributed by atoms with van der Waals surface area (Å²) in [4.78, 5) is 0. The standard InChI is InChI=1S/C38H62/c1-7-13-19-31-25-27-33(37(23-17-11-5)35(31)21-15-9-3)29-30-34-28-26-32(20-14-8-2)36(22-16-10-4)38(34)24-18-12-6/h25-28H,7-24,29-30H2,1-6H3. The average molecular weight is 519 g/mol. The largest absolute Gasteiger partial charge is 0.0654 e. The molecule has 0 aliphatic heterocycles. The topological polar surface area (TPSA) is 0 Å². The molecule has 0 saturated carbocycles. The quantitative estimate of drug-likeness (QED) is 0.154. The molecule has 0 heteroatoms. The summed E-state index contributed by atoms with van der Waals surface area (Å²) in [7, 11) is 0. The number of rotatable bonds is 21. The van der Waals surface area contributed by atoms with Crippen molar-refractivity contribution in [3.05, 3.63) is 68.8 Å². The van der Waals surface area contributed by atoms with Crippen molar-refractivity contribution in [1.82, 2.24) is 0 Å². The van der Waals surface area contributed by atoms with Crippen molar-refractivity contribution in [2.75, 3.05) is 0 Å². The summed E-state index contributed by atoms with van der Waals surface area (Å²) < 4.78 is 0. The molecule has 0 aliphatic rings. The zero-order chi connectivity index (χ0) is 27.6. The minimum atomic E-state index is 1.20. The molecule has 0 aromatic heterocycles. The number of aryl methyl sites for hydroxylation is 4. The summed E-state index contributed by atoms with van der Waals surface area (Å²) in [6, 6.07) is 10.1. The molecule has 0 N–H and O–H groups in total. The van der Waals surface area contributed by atoms with E-state index in [9.17, 15) is 0 Å². The predicted octanol–water partition coefficient (Wildman–Crippen LogP) is 11.5. The molecule has 0 fully saturated rings. The van der Waals surface area contributed by atoms with Crippen LogP contribution >= 0.6 is 0 Å². The zero-order valence-electron chi connectivity index (χ0n) is 26.5. The van der Waals surface area contributed by atoms with Crippen LogP contribution in [0.1, 0.15) is 163 Å². The number of benzene rings is 2. The van der Waals surface area contributed by atoms with Gasteiger partial charge in [-0.3, -0.25) is 0 Å². The summed E-state index contributed by atoms with van der Waals surface area (Å²) in [5.74, 6) is 0. The molecule has 0 saturated heterocycles. The maximum Gasteiger partial charge on any atom is -0.0235 e. The maximum atomic E-state index is 2.53. The van der Waals surface area contributed by atoms with Crippen molar-refractivity contribution in [3.63, 3.8) is 0 Å². The number of hydrogen-bond acceptors (Lipinski definition) is 0. The van der Waals surface area contributed by atoms with Crippen LogP contribution in [0.25, 0.3) is 0 Å². The molecule has 2 aromatic rings. The normalized spacial score (nSPS) is 11.4. The van der Waals surface area contributed by atoms with Gasteiger partial charge in [0.2, 0.25) is 0 Å². The van der Waals surface area contributed by atoms with Gasteiger partial charge in [0.25, 0.3) is 0 Å². The van der Waals surface area contributed by atoms with Gasteiger partial charge in [-0.25, -0.2) is 0 Å². The Kier molecular flexibility index (Phi) is 16.7. The average Bonchev–Trinajstić information content (AvgIpc) is 2.94. The van der Waals surface area contributed by atoms with E-state index in [2.05, 4.69) is 65.8 Å². The highest BCUT2D eigenvalue weighted by atomic mass is 14.2. The smallest absolute Gasteiger partial charge is 0.0235 e. The summed E-state index contributed by atoms with van der Waals surface area (Å²) in [6.07, 6.45) is 25.6. The van der Waals surface area contributed by atoms with Gasteiger partial charge in [0, 0.05) is 0 Å². The summed E-state index contributed by atoms with van der Waals surface area (Å²) in [5.41, 5.74) is 13.5. The van der Waals surface area contributed by atoms with Crippen LogP contribution < -0.4 is 0 Å². The first-order valence-electron chi connectivity index (χ1n) is 16.9. The van der Waals surface area contributed by atoms with E-state index >= 15 is 0 Å². The molecule has 0 bridgehead atoms. The Labute approximate surface area is 238 Å².